The molecule has 1 aromatic rings. The van der Waals surface area contributed by atoms with Crippen LogP contribution in [0, 0.1) is 6.92 Å². The SMILES string of the molecule is CCN1CCOC(CNC(=O)c2cc(C)nc(Cl)c2)C1. The van der Waals surface area contributed by atoms with Gasteiger partial charge in [0.15, 0.2) is 0 Å². The van der Waals surface area contributed by atoms with E-state index in [4.69, 9.17) is 16.3 Å². The predicted octanol–water partition coefficient (Wildman–Crippen LogP) is 1.49. The summed E-state index contributed by atoms with van der Waals surface area (Å²) in [5.41, 5.74) is 1.26. The standard InChI is InChI=1S/C14H20ClN3O2/c1-3-18-4-5-20-12(9-18)8-16-14(19)11-6-10(2)17-13(15)7-11/h6-7,12H,3-5,8-9H2,1-2H3,(H,16,19). The first-order valence-electron chi connectivity index (χ1n) is 6.85. The van der Waals surface area contributed by atoms with Gasteiger partial charge in [-0.15, -0.1) is 0 Å². The molecule has 6 heteroatoms. The first kappa shape index (κ1) is 15.2. The minimum atomic E-state index is -0.144. The van der Waals surface area contributed by atoms with Gasteiger partial charge in [0.2, 0.25) is 0 Å². The van der Waals surface area contributed by atoms with Gasteiger partial charge in [0.1, 0.15) is 5.15 Å². The number of aromatic nitrogens is 1. The van der Waals surface area contributed by atoms with Crippen LogP contribution in [-0.2, 0) is 4.74 Å². The molecule has 1 N–H and O–H groups in total. The van der Waals surface area contributed by atoms with Gasteiger partial charge in [-0.1, -0.05) is 18.5 Å². The summed E-state index contributed by atoms with van der Waals surface area (Å²) in [6.07, 6.45) is 0.0473. The maximum absolute atomic E-state index is 12.1. The minimum Gasteiger partial charge on any atom is -0.374 e. The van der Waals surface area contributed by atoms with Gasteiger partial charge in [0, 0.05) is 30.9 Å². The van der Waals surface area contributed by atoms with Crippen LogP contribution in [-0.4, -0.2) is 54.7 Å². The van der Waals surface area contributed by atoms with Crippen molar-refractivity contribution < 1.29 is 9.53 Å². The lowest BCUT2D eigenvalue weighted by Gasteiger charge is -2.32. The highest BCUT2D eigenvalue weighted by Gasteiger charge is 2.20. The van der Waals surface area contributed by atoms with Crippen LogP contribution in [0.15, 0.2) is 12.1 Å². The van der Waals surface area contributed by atoms with Gasteiger partial charge in [0.05, 0.1) is 12.7 Å². The molecule has 1 saturated heterocycles. The third kappa shape index (κ3) is 4.16. The van der Waals surface area contributed by atoms with Crippen LogP contribution in [0.5, 0.6) is 0 Å². The van der Waals surface area contributed by atoms with E-state index in [1.54, 1.807) is 12.1 Å². The summed E-state index contributed by atoms with van der Waals surface area (Å²) in [5, 5.41) is 3.23. The zero-order chi connectivity index (χ0) is 14.5. The van der Waals surface area contributed by atoms with E-state index in [0.717, 1.165) is 25.3 Å². The Hall–Kier alpha value is -1.17. The second-order valence-corrected chi connectivity index (χ2v) is 5.30. The third-order valence-corrected chi connectivity index (χ3v) is 3.54. The number of hydrogen-bond donors (Lipinski definition) is 1. The second kappa shape index (κ2) is 7.02. The maximum Gasteiger partial charge on any atom is 0.251 e. The highest BCUT2D eigenvalue weighted by Crippen LogP contribution is 2.10. The smallest absolute Gasteiger partial charge is 0.251 e. The lowest BCUT2D eigenvalue weighted by atomic mass is 10.2. The molecule has 20 heavy (non-hydrogen) atoms. The fraction of sp³-hybridized carbons (Fsp3) is 0.571. The van der Waals surface area contributed by atoms with Crippen molar-refractivity contribution in [2.75, 3.05) is 32.8 Å². The van der Waals surface area contributed by atoms with E-state index >= 15 is 0 Å². The Morgan fingerprint density at radius 3 is 3.10 bits per heavy atom. The number of likely N-dealkylation sites (N-methyl/N-ethyl adjacent to an activating group) is 1. The number of morpholine rings is 1. The summed E-state index contributed by atoms with van der Waals surface area (Å²) in [7, 11) is 0. The van der Waals surface area contributed by atoms with Crippen LogP contribution in [0.3, 0.4) is 0 Å². The quantitative estimate of drug-likeness (QED) is 0.856. The Kier molecular flexibility index (Phi) is 5.34. The number of amides is 1. The summed E-state index contributed by atoms with van der Waals surface area (Å²) < 4.78 is 5.65. The summed E-state index contributed by atoms with van der Waals surface area (Å²) in [4.78, 5) is 18.4. The molecule has 1 unspecified atom stereocenters. The van der Waals surface area contributed by atoms with E-state index in [2.05, 4.69) is 22.1 Å². The number of pyridine rings is 1. The van der Waals surface area contributed by atoms with Crippen LogP contribution in [0.4, 0.5) is 0 Å². The van der Waals surface area contributed by atoms with Crippen LogP contribution in [0.1, 0.15) is 23.0 Å². The van der Waals surface area contributed by atoms with Crippen molar-refractivity contribution in [1.82, 2.24) is 15.2 Å². The van der Waals surface area contributed by atoms with Crippen molar-refractivity contribution in [3.05, 3.63) is 28.5 Å². The zero-order valence-corrected chi connectivity index (χ0v) is 12.6. The molecule has 0 bridgehead atoms. The molecule has 0 radical (unpaired) electrons. The number of hydrogen-bond acceptors (Lipinski definition) is 4. The number of carbonyl (C=O) groups excluding carboxylic acids is 1. The van der Waals surface area contributed by atoms with Gasteiger partial charge in [-0.3, -0.25) is 9.69 Å². The highest BCUT2D eigenvalue weighted by atomic mass is 35.5. The van der Waals surface area contributed by atoms with Gasteiger partial charge in [0.25, 0.3) is 5.91 Å². The molecule has 1 fully saturated rings. The Morgan fingerprint density at radius 1 is 1.60 bits per heavy atom. The predicted molar refractivity (Wildman–Crippen MR) is 78.2 cm³/mol. The number of nitrogens with one attached hydrogen (secondary N) is 1. The number of rotatable bonds is 4. The first-order chi connectivity index (χ1) is 9.58. The maximum atomic E-state index is 12.1. The van der Waals surface area contributed by atoms with E-state index in [1.807, 2.05) is 6.92 Å². The van der Waals surface area contributed by atoms with Gasteiger partial charge < -0.3 is 10.1 Å². The summed E-state index contributed by atoms with van der Waals surface area (Å²) >= 11 is 5.86. The molecule has 1 aliphatic rings. The molecule has 1 amide bonds. The number of halogens is 1. The van der Waals surface area contributed by atoms with Crippen molar-refractivity contribution in [2.24, 2.45) is 0 Å². The normalized spacial score (nSPS) is 19.9. The average Bonchev–Trinajstić information content (AvgIpc) is 2.44. The van der Waals surface area contributed by atoms with Crippen molar-refractivity contribution in [3.63, 3.8) is 0 Å². The van der Waals surface area contributed by atoms with Crippen LogP contribution in [0.25, 0.3) is 0 Å². The van der Waals surface area contributed by atoms with E-state index in [1.165, 1.54) is 0 Å². The molecule has 0 spiro atoms. The molecule has 110 valence electrons. The summed E-state index contributed by atoms with van der Waals surface area (Å²) in [5.74, 6) is -0.144. The highest BCUT2D eigenvalue weighted by molar-refractivity contribution is 6.29. The number of nitrogens with zero attached hydrogens (tertiary/aromatic N) is 2. The Bertz CT molecular complexity index is 461. The monoisotopic (exact) mass is 297 g/mol. The average molecular weight is 298 g/mol. The summed E-state index contributed by atoms with van der Waals surface area (Å²) in [6.45, 7) is 7.98. The number of carbonyl (C=O) groups is 1. The molecule has 2 rings (SSSR count). The van der Waals surface area contributed by atoms with E-state index in [0.29, 0.717) is 23.9 Å². The molecule has 2 heterocycles. The second-order valence-electron chi connectivity index (χ2n) is 4.92. The molecule has 5 nitrogen and oxygen atoms in total. The lowest BCUT2D eigenvalue weighted by Crippen LogP contribution is -2.47. The first-order valence-corrected chi connectivity index (χ1v) is 7.22. The van der Waals surface area contributed by atoms with E-state index in [9.17, 15) is 4.79 Å². The fourth-order valence-corrected chi connectivity index (χ4v) is 2.51. The Balaban J connectivity index is 1.88. The molecule has 0 aromatic carbocycles. The Morgan fingerprint density at radius 2 is 2.40 bits per heavy atom. The van der Waals surface area contributed by atoms with Gasteiger partial charge in [-0.25, -0.2) is 4.98 Å². The summed E-state index contributed by atoms with van der Waals surface area (Å²) in [6, 6.07) is 3.30. The van der Waals surface area contributed by atoms with E-state index < -0.39 is 0 Å². The van der Waals surface area contributed by atoms with Crippen LogP contribution < -0.4 is 5.32 Å². The molecule has 0 aliphatic carbocycles. The van der Waals surface area contributed by atoms with Crippen LogP contribution >= 0.6 is 11.6 Å². The molecule has 1 aliphatic heterocycles. The largest absolute Gasteiger partial charge is 0.374 e. The van der Waals surface area contributed by atoms with Crippen LogP contribution in [0.2, 0.25) is 5.15 Å². The van der Waals surface area contributed by atoms with Gasteiger partial charge >= 0.3 is 0 Å². The van der Waals surface area contributed by atoms with E-state index in [-0.39, 0.29) is 12.0 Å². The Labute approximate surface area is 124 Å². The minimum absolute atomic E-state index is 0.0473. The number of ether oxygens (including phenoxy) is 1. The lowest BCUT2D eigenvalue weighted by molar-refractivity contribution is -0.0246. The zero-order valence-electron chi connectivity index (χ0n) is 11.9. The topological polar surface area (TPSA) is 54.5 Å². The van der Waals surface area contributed by atoms with Crippen molar-refractivity contribution in [2.45, 2.75) is 20.0 Å². The fourth-order valence-electron chi connectivity index (χ4n) is 2.26. The van der Waals surface area contributed by atoms with Crippen molar-refractivity contribution in [3.8, 4) is 0 Å². The molecular weight excluding hydrogens is 278 g/mol. The molecule has 1 atom stereocenters. The number of aryl methyl sites for hydroxylation is 1. The molecule has 1 aromatic heterocycles. The van der Waals surface area contributed by atoms with Crippen molar-refractivity contribution in [1.29, 1.82) is 0 Å². The van der Waals surface area contributed by atoms with Gasteiger partial charge in [-0.05, 0) is 25.6 Å². The molecular formula is C14H20ClN3O2. The molecule has 0 saturated carbocycles. The van der Waals surface area contributed by atoms with Gasteiger partial charge in [-0.2, -0.15) is 0 Å². The third-order valence-electron chi connectivity index (χ3n) is 3.34. The van der Waals surface area contributed by atoms with Crippen molar-refractivity contribution >= 4 is 17.5 Å².